The number of sulfonamides is 1. The lowest BCUT2D eigenvalue weighted by molar-refractivity contribution is 0.0127. The van der Waals surface area contributed by atoms with E-state index in [-0.39, 0.29) is 4.91 Å². The van der Waals surface area contributed by atoms with Crippen LogP contribution in [0.5, 0.6) is 0 Å². The minimum absolute atomic E-state index is 0.0623. The molecule has 0 amide bonds. The number of tetrazole rings is 1. The number of nitrogens with zero attached hydrogens (tertiary/aromatic N) is 6. The molecule has 2 aromatic heterocycles. The summed E-state index contributed by atoms with van der Waals surface area (Å²) in [6.07, 6.45) is 11.1. The van der Waals surface area contributed by atoms with E-state index in [9.17, 15) is 8.42 Å². The molecule has 156 valence electrons. The molecule has 12 heteroatoms. The molecular formula is C18H18ClN7O3S. The Balaban J connectivity index is 1.63. The summed E-state index contributed by atoms with van der Waals surface area (Å²) in [6, 6.07) is 4.32. The number of imidazole rings is 1. The lowest BCUT2D eigenvalue weighted by Crippen LogP contribution is -2.38. The number of benzene rings is 1. The summed E-state index contributed by atoms with van der Waals surface area (Å²) in [6.45, 7) is 1.82. The number of hydrogen-bond donors (Lipinski definition) is 1. The zero-order valence-electron chi connectivity index (χ0n) is 16.0. The lowest BCUT2D eigenvalue weighted by atomic mass is 9.92. The van der Waals surface area contributed by atoms with Gasteiger partial charge in [-0.1, -0.05) is 11.6 Å². The van der Waals surface area contributed by atoms with E-state index in [1.165, 1.54) is 24.2 Å². The first-order chi connectivity index (χ1) is 14.3. The van der Waals surface area contributed by atoms with E-state index in [1.807, 2.05) is 6.92 Å². The van der Waals surface area contributed by atoms with Gasteiger partial charge in [-0.3, -0.25) is 4.72 Å². The highest BCUT2D eigenvalue weighted by Crippen LogP contribution is 2.35. The number of rotatable bonds is 6. The van der Waals surface area contributed by atoms with Crippen molar-refractivity contribution in [2.75, 3.05) is 11.8 Å². The second-order valence-electron chi connectivity index (χ2n) is 6.77. The van der Waals surface area contributed by atoms with Crippen molar-refractivity contribution in [2.45, 2.75) is 18.6 Å². The van der Waals surface area contributed by atoms with Crippen LogP contribution in [0.25, 0.3) is 5.69 Å². The average Bonchev–Trinajstić information content (AvgIpc) is 3.42. The van der Waals surface area contributed by atoms with Gasteiger partial charge in [0.25, 0.3) is 10.0 Å². The predicted molar refractivity (Wildman–Crippen MR) is 111 cm³/mol. The van der Waals surface area contributed by atoms with Gasteiger partial charge in [-0.05, 0) is 53.8 Å². The Morgan fingerprint density at radius 3 is 2.77 bits per heavy atom. The molecule has 0 bridgehead atoms. The van der Waals surface area contributed by atoms with Crippen LogP contribution in [0, 0.1) is 0 Å². The van der Waals surface area contributed by atoms with Gasteiger partial charge in [0.05, 0.1) is 27.6 Å². The van der Waals surface area contributed by atoms with Crippen molar-refractivity contribution in [3.05, 3.63) is 71.4 Å². The molecule has 2 atom stereocenters. The van der Waals surface area contributed by atoms with E-state index in [2.05, 4.69) is 25.2 Å². The Bertz CT molecular complexity index is 1210. The van der Waals surface area contributed by atoms with Gasteiger partial charge in [-0.2, -0.15) is 0 Å². The van der Waals surface area contributed by atoms with Gasteiger partial charge in [0.15, 0.2) is 0 Å². The van der Waals surface area contributed by atoms with Gasteiger partial charge in [-0.15, -0.1) is 5.10 Å². The quantitative estimate of drug-likeness (QED) is 0.616. The van der Waals surface area contributed by atoms with Crippen molar-refractivity contribution < 1.29 is 13.2 Å². The number of aromatic nitrogens is 6. The highest BCUT2D eigenvalue weighted by molar-refractivity contribution is 7.96. The van der Waals surface area contributed by atoms with E-state index in [1.54, 1.807) is 53.6 Å². The zero-order chi connectivity index (χ0) is 21.4. The van der Waals surface area contributed by atoms with Crippen molar-refractivity contribution in [2.24, 2.45) is 0 Å². The third-order valence-corrected chi connectivity index (χ3v) is 6.57. The molecule has 0 spiro atoms. The molecule has 4 rings (SSSR count). The summed E-state index contributed by atoms with van der Waals surface area (Å²) in [5, 5.41) is 11.5. The van der Waals surface area contributed by atoms with Gasteiger partial charge in [0, 0.05) is 19.5 Å². The normalized spacial score (nSPS) is 21.4. The first-order valence-electron chi connectivity index (χ1n) is 8.82. The number of hydrogen-bond acceptors (Lipinski definition) is 7. The summed E-state index contributed by atoms with van der Waals surface area (Å²) < 4.78 is 37.3. The van der Waals surface area contributed by atoms with E-state index >= 15 is 0 Å². The lowest BCUT2D eigenvalue weighted by Gasteiger charge is -2.34. The van der Waals surface area contributed by atoms with Crippen molar-refractivity contribution in [1.82, 2.24) is 29.8 Å². The van der Waals surface area contributed by atoms with Crippen molar-refractivity contribution in [1.29, 1.82) is 0 Å². The Morgan fingerprint density at radius 1 is 1.30 bits per heavy atom. The van der Waals surface area contributed by atoms with Gasteiger partial charge in [-0.25, -0.2) is 18.1 Å². The highest BCUT2D eigenvalue weighted by Gasteiger charge is 2.37. The third-order valence-electron chi connectivity index (χ3n) is 4.87. The van der Waals surface area contributed by atoms with Gasteiger partial charge in [0.1, 0.15) is 18.0 Å². The van der Waals surface area contributed by atoms with E-state index < -0.39 is 21.7 Å². The molecule has 0 fully saturated rings. The number of nitrogens with one attached hydrogen (secondary N) is 1. The molecule has 30 heavy (non-hydrogen) atoms. The molecule has 1 N–H and O–H groups in total. The molecule has 1 aromatic carbocycles. The van der Waals surface area contributed by atoms with Crippen molar-refractivity contribution in [3.8, 4) is 5.69 Å². The predicted octanol–water partition coefficient (Wildman–Crippen LogP) is 2.35. The largest absolute Gasteiger partial charge is 0.372 e. The first-order valence-corrected chi connectivity index (χ1v) is 10.7. The van der Waals surface area contributed by atoms with Crippen LogP contribution in [0.3, 0.4) is 0 Å². The number of anilines is 1. The zero-order valence-corrected chi connectivity index (χ0v) is 17.6. The molecular weight excluding hydrogens is 430 g/mol. The minimum Gasteiger partial charge on any atom is -0.372 e. The smallest absolute Gasteiger partial charge is 0.261 e. The summed E-state index contributed by atoms with van der Waals surface area (Å²) >= 11 is 6.33. The number of ether oxygens (including phenoxy) is 1. The van der Waals surface area contributed by atoms with E-state index in [0.29, 0.717) is 16.4 Å². The first kappa shape index (κ1) is 20.3. The van der Waals surface area contributed by atoms with Crippen LogP contribution in [0.4, 0.5) is 5.69 Å². The van der Waals surface area contributed by atoms with Crippen molar-refractivity contribution >= 4 is 27.3 Å². The maximum Gasteiger partial charge on any atom is 0.261 e. The van der Waals surface area contributed by atoms with Gasteiger partial charge in [0.2, 0.25) is 0 Å². The van der Waals surface area contributed by atoms with Crippen molar-refractivity contribution in [3.63, 3.8) is 0 Å². The standard InChI is InChI=1S/C18H18ClN7O3S/c1-18(29-2)6-5-14(10-17(18)26-12-21-23-24-26)30(27,28)22-13-3-4-16(15(19)9-13)25-8-7-20-11-25/h3-12,17,22H,1-2H3/t17?,18-/m0/s1. The molecule has 3 aromatic rings. The number of halogens is 1. The molecule has 0 aliphatic heterocycles. The minimum atomic E-state index is -3.89. The van der Waals surface area contributed by atoms with Gasteiger partial charge >= 0.3 is 0 Å². The van der Waals surface area contributed by atoms with E-state index in [0.717, 1.165) is 0 Å². The molecule has 0 saturated carbocycles. The van der Waals surface area contributed by atoms with Crippen LogP contribution in [-0.2, 0) is 14.8 Å². The summed E-state index contributed by atoms with van der Waals surface area (Å²) in [5.74, 6) is 0. The van der Waals surface area contributed by atoms with Crippen LogP contribution in [0.2, 0.25) is 5.02 Å². The maximum absolute atomic E-state index is 13.0. The number of methoxy groups -OCH3 is 1. The fourth-order valence-electron chi connectivity index (χ4n) is 3.12. The average molecular weight is 448 g/mol. The van der Waals surface area contributed by atoms with Gasteiger partial charge < -0.3 is 9.30 Å². The van der Waals surface area contributed by atoms with E-state index in [4.69, 9.17) is 16.3 Å². The Morgan fingerprint density at radius 2 is 2.13 bits per heavy atom. The maximum atomic E-state index is 13.0. The number of allylic oxidation sites excluding steroid dienone is 1. The Labute approximate surface area is 177 Å². The SMILES string of the molecule is CO[C@@]1(C)C=CC(S(=O)(=O)Nc2ccc(-n3ccnc3)c(Cl)c2)=CC1n1cnnn1. The topological polar surface area (TPSA) is 117 Å². The second kappa shape index (κ2) is 7.67. The monoisotopic (exact) mass is 447 g/mol. The fourth-order valence-corrected chi connectivity index (χ4v) is 4.51. The highest BCUT2D eigenvalue weighted by atomic mass is 35.5. The third kappa shape index (κ3) is 3.74. The molecule has 0 saturated heterocycles. The molecule has 0 radical (unpaired) electrons. The Hall–Kier alpha value is -3.02. The molecule has 1 aliphatic rings. The van der Waals surface area contributed by atoms with Crippen LogP contribution >= 0.6 is 11.6 Å². The van der Waals surface area contributed by atoms with Crippen LogP contribution < -0.4 is 4.72 Å². The second-order valence-corrected chi connectivity index (χ2v) is 8.86. The van der Waals surface area contributed by atoms with Crippen LogP contribution in [0.1, 0.15) is 13.0 Å². The molecule has 10 nitrogen and oxygen atoms in total. The fraction of sp³-hybridized carbons (Fsp3) is 0.222. The van der Waals surface area contributed by atoms with Crippen LogP contribution in [-0.4, -0.2) is 50.9 Å². The molecule has 1 aliphatic carbocycles. The molecule has 1 unspecified atom stereocenters. The van der Waals surface area contributed by atoms with Crippen LogP contribution in [0.15, 0.2) is 66.4 Å². The summed E-state index contributed by atoms with van der Waals surface area (Å²) in [4.78, 5) is 4.04. The summed E-state index contributed by atoms with van der Waals surface area (Å²) in [7, 11) is -2.35. The molecule has 2 heterocycles. The Kier molecular flexibility index (Phi) is 5.18. The summed E-state index contributed by atoms with van der Waals surface area (Å²) in [5.41, 5.74) is 0.199.